The van der Waals surface area contributed by atoms with Crippen LogP contribution in [0.1, 0.15) is 0 Å². The molecule has 0 aliphatic rings. The molecular formula is C9H5ClF2N2S. The maximum absolute atomic E-state index is 12.9. The molecule has 6 heteroatoms. The highest BCUT2D eigenvalue weighted by Crippen LogP contribution is 2.25. The van der Waals surface area contributed by atoms with Gasteiger partial charge in [-0.05, 0) is 12.3 Å². The SMILES string of the molecule is CSc1nc(Cl)c2cc(F)c(F)cc2n1. The normalized spacial score (nSPS) is 10.9. The summed E-state index contributed by atoms with van der Waals surface area (Å²) in [6.45, 7) is 0. The number of hydrogen-bond acceptors (Lipinski definition) is 3. The summed E-state index contributed by atoms with van der Waals surface area (Å²) in [6.07, 6.45) is 1.78. The molecule has 2 rings (SSSR count). The van der Waals surface area contributed by atoms with Gasteiger partial charge in [0.25, 0.3) is 0 Å². The molecular weight excluding hydrogens is 242 g/mol. The van der Waals surface area contributed by atoms with E-state index in [-0.39, 0.29) is 5.15 Å². The number of fused-ring (bicyclic) bond motifs is 1. The van der Waals surface area contributed by atoms with E-state index in [0.717, 1.165) is 12.1 Å². The van der Waals surface area contributed by atoms with Crippen molar-refractivity contribution in [1.82, 2.24) is 9.97 Å². The third kappa shape index (κ3) is 1.89. The summed E-state index contributed by atoms with van der Waals surface area (Å²) in [6, 6.07) is 2.01. The molecule has 0 fully saturated rings. The fourth-order valence-corrected chi connectivity index (χ4v) is 1.81. The minimum Gasteiger partial charge on any atom is -0.222 e. The van der Waals surface area contributed by atoms with Gasteiger partial charge in [0.2, 0.25) is 0 Å². The summed E-state index contributed by atoms with van der Waals surface area (Å²) in [5, 5.41) is 0.870. The summed E-state index contributed by atoms with van der Waals surface area (Å²) in [5.41, 5.74) is 0.304. The van der Waals surface area contributed by atoms with Crippen LogP contribution in [-0.4, -0.2) is 16.2 Å². The van der Waals surface area contributed by atoms with Crippen molar-refractivity contribution in [3.05, 3.63) is 28.9 Å². The fourth-order valence-electron chi connectivity index (χ4n) is 1.16. The Kier molecular flexibility index (Phi) is 2.75. The van der Waals surface area contributed by atoms with E-state index in [0.29, 0.717) is 16.1 Å². The molecule has 15 heavy (non-hydrogen) atoms. The van der Waals surface area contributed by atoms with Crippen molar-refractivity contribution in [3.63, 3.8) is 0 Å². The van der Waals surface area contributed by atoms with Crippen molar-refractivity contribution < 1.29 is 8.78 Å². The molecule has 0 spiro atoms. The lowest BCUT2D eigenvalue weighted by Crippen LogP contribution is -1.92. The van der Waals surface area contributed by atoms with Crippen LogP contribution < -0.4 is 0 Å². The average molecular weight is 247 g/mol. The molecule has 78 valence electrons. The number of aromatic nitrogens is 2. The van der Waals surface area contributed by atoms with Gasteiger partial charge in [0, 0.05) is 11.5 Å². The highest BCUT2D eigenvalue weighted by molar-refractivity contribution is 7.98. The van der Waals surface area contributed by atoms with Gasteiger partial charge >= 0.3 is 0 Å². The molecule has 2 nitrogen and oxygen atoms in total. The lowest BCUT2D eigenvalue weighted by molar-refractivity contribution is 0.510. The lowest BCUT2D eigenvalue weighted by atomic mass is 10.2. The summed E-state index contributed by atoms with van der Waals surface area (Å²) in [7, 11) is 0. The van der Waals surface area contributed by atoms with E-state index in [1.54, 1.807) is 6.26 Å². The maximum Gasteiger partial charge on any atom is 0.189 e. The summed E-state index contributed by atoms with van der Waals surface area (Å²) in [5.74, 6) is -1.89. The van der Waals surface area contributed by atoms with Crippen molar-refractivity contribution in [1.29, 1.82) is 0 Å². The van der Waals surface area contributed by atoms with Crippen molar-refractivity contribution >= 4 is 34.3 Å². The Morgan fingerprint density at radius 2 is 1.87 bits per heavy atom. The number of halogens is 3. The lowest BCUT2D eigenvalue weighted by Gasteiger charge is -2.02. The topological polar surface area (TPSA) is 25.8 Å². The molecule has 0 radical (unpaired) electrons. The van der Waals surface area contributed by atoms with Crippen molar-refractivity contribution in [2.45, 2.75) is 5.16 Å². The van der Waals surface area contributed by atoms with E-state index in [4.69, 9.17) is 11.6 Å². The molecule has 1 heterocycles. The van der Waals surface area contributed by atoms with Gasteiger partial charge in [0.05, 0.1) is 5.52 Å². The molecule has 0 atom stereocenters. The predicted octanol–water partition coefficient (Wildman–Crippen LogP) is 3.28. The third-order valence-corrected chi connectivity index (χ3v) is 2.69. The third-order valence-electron chi connectivity index (χ3n) is 1.85. The standard InChI is InChI=1S/C9H5ClF2N2S/c1-15-9-13-7-3-6(12)5(11)2-4(7)8(10)14-9/h2-3H,1H3. The molecule has 0 aliphatic carbocycles. The first-order chi connectivity index (χ1) is 7.11. The molecule has 0 aliphatic heterocycles. The minimum atomic E-state index is -0.954. The van der Waals surface area contributed by atoms with Gasteiger partial charge in [-0.25, -0.2) is 18.7 Å². The van der Waals surface area contributed by atoms with E-state index >= 15 is 0 Å². The number of benzene rings is 1. The van der Waals surface area contributed by atoms with Gasteiger partial charge in [-0.3, -0.25) is 0 Å². The maximum atomic E-state index is 12.9. The van der Waals surface area contributed by atoms with E-state index in [2.05, 4.69) is 9.97 Å². The zero-order valence-corrected chi connectivity index (χ0v) is 9.16. The van der Waals surface area contributed by atoms with Crippen LogP contribution in [0.5, 0.6) is 0 Å². The number of nitrogens with zero attached hydrogens (tertiary/aromatic N) is 2. The van der Waals surface area contributed by atoms with Gasteiger partial charge in [-0.2, -0.15) is 0 Å². The van der Waals surface area contributed by atoms with E-state index in [1.165, 1.54) is 11.8 Å². The van der Waals surface area contributed by atoms with Crippen LogP contribution in [0, 0.1) is 11.6 Å². The molecule has 2 aromatic rings. The molecule has 1 aromatic carbocycles. The van der Waals surface area contributed by atoms with Crippen LogP contribution in [0.3, 0.4) is 0 Å². The monoisotopic (exact) mass is 246 g/mol. The summed E-state index contributed by atoms with van der Waals surface area (Å²) >= 11 is 7.10. The summed E-state index contributed by atoms with van der Waals surface area (Å²) < 4.78 is 25.8. The van der Waals surface area contributed by atoms with Crippen molar-refractivity contribution in [3.8, 4) is 0 Å². The van der Waals surface area contributed by atoms with E-state index < -0.39 is 11.6 Å². The fraction of sp³-hybridized carbons (Fsp3) is 0.111. The van der Waals surface area contributed by atoms with Crippen LogP contribution >= 0.6 is 23.4 Å². The van der Waals surface area contributed by atoms with Gasteiger partial charge < -0.3 is 0 Å². The molecule has 0 saturated heterocycles. The largest absolute Gasteiger partial charge is 0.222 e. The number of thioether (sulfide) groups is 1. The second-order valence-electron chi connectivity index (χ2n) is 2.78. The predicted molar refractivity (Wildman–Crippen MR) is 56.2 cm³/mol. The Morgan fingerprint density at radius 1 is 1.20 bits per heavy atom. The zero-order valence-electron chi connectivity index (χ0n) is 7.59. The first-order valence-electron chi connectivity index (χ1n) is 3.98. The Labute approximate surface area is 93.7 Å². The first kappa shape index (κ1) is 10.6. The molecule has 0 amide bonds. The van der Waals surface area contributed by atoms with Crippen molar-refractivity contribution in [2.24, 2.45) is 0 Å². The smallest absolute Gasteiger partial charge is 0.189 e. The Bertz CT molecular complexity index is 533. The Morgan fingerprint density at radius 3 is 2.53 bits per heavy atom. The Balaban J connectivity index is 2.80. The number of rotatable bonds is 1. The Hall–Kier alpha value is -0.940. The van der Waals surface area contributed by atoms with Gasteiger partial charge in [0.1, 0.15) is 5.15 Å². The second-order valence-corrected chi connectivity index (χ2v) is 3.92. The highest BCUT2D eigenvalue weighted by Gasteiger charge is 2.10. The van der Waals surface area contributed by atoms with Crippen molar-refractivity contribution in [2.75, 3.05) is 6.26 Å². The quantitative estimate of drug-likeness (QED) is 0.439. The second kappa shape index (κ2) is 3.90. The molecule has 1 aromatic heterocycles. The van der Waals surface area contributed by atoms with Gasteiger partial charge in [-0.15, -0.1) is 0 Å². The van der Waals surface area contributed by atoms with E-state index in [1.807, 2.05) is 0 Å². The van der Waals surface area contributed by atoms with Gasteiger partial charge in [0.15, 0.2) is 16.8 Å². The van der Waals surface area contributed by atoms with Crippen LogP contribution in [0.25, 0.3) is 10.9 Å². The molecule has 0 unspecified atom stereocenters. The van der Waals surface area contributed by atoms with Crippen LogP contribution in [0.15, 0.2) is 17.3 Å². The summed E-state index contributed by atoms with van der Waals surface area (Å²) in [4.78, 5) is 7.94. The highest BCUT2D eigenvalue weighted by atomic mass is 35.5. The molecule has 0 N–H and O–H groups in total. The van der Waals surface area contributed by atoms with Gasteiger partial charge in [-0.1, -0.05) is 23.4 Å². The van der Waals surface area contributed by atoms with Crippen LogP contribution in [-0.2, 0) is 0 Å². The molecule has 0 saturated carbocycles. The zero-order chi connectivity index (χ0) is 11.0. The van der Waals surface area contributed by atoms with Crippen LogP contribution in [0.2, 0.25) is 5.15 Å². The molecule has 0 bridgehead atoms. The van der Waals surface area contributed by atoms with E-state index in [9.17, 15) is 8.78 Å². The number of hydrogen-bond donors (Lipinski definition) is 0. The van der Waals surface area contributed by atoms with Crippen LogP contribution in [0.4, 0.5) is 8.78 Å². The average Bonchev–Trinajstić information content (AvgIpc) is 2.21. The first-order valence-corrected chi connectivity index (χ1v) is 5.58. The minimum absolute atomic E-state index is 0.128.